The maximum atomic E-state index is 12.8. The topological polar surface area (TPSA) is 32.3 Å². The summed E-state index contributed by atoms with van der Waals surface area (Å²) in [6.07, 6.45) is 3.26. The van der Waals surface area contributed by atoms with Crippen molar-refractivity contribution in [1.82, 2.24) is 10.2 Å². The Labute approximate surface area is 127 Å². The van der Waals surface area contributed by atoms with Crippen LogP contribution in [0.15, 0.2) is 24.3 Å². The van der Waals surface area contributed by atoms with Crippen LogP contribution < -0.4 is 5.32 Å². The summed E-state index contributed by atoms with van der Waals surface area (Å²) < 4.78 is 0. The standard InChI is InChI=1S/C16H22N2O.ClH/c1-12-11-17-9-10-18(12)16(19)15-8-4-6-13-5-2-3-7-14(13)15;/h2-3,5,7,12,15,17H,4,6,8-11H2,1H3;1H/t12-,15?;/m1./s1. The van der Waals surface area contributed by atoms with E-state index in [1.54, 1.807) is 0 Å². The third kappa shape index (κ3) is 2.84. The third-order valence-electron chi connectivity index (χ3n) is 4.45. The molecule has 1 aliphatic carbocycles. The van der Waals surface area contributed by atoms with E-state index >= 15 is 0 Å². The van der Waals surface area contributed by atoms with Crippen LogP contribution in [-0.4, -0.2) is 36.5 Å². The molecule has 1 saturated heterocycles. The van der Waals surface area contributed by atoms with Crippen molar-refractivity contribution in [3.8, 4) is 0 Å². The SMILES string of the molecule is C[C@@H]1CNCCN1C(=O)C1CCCc2ccccc21.Cl. The first-order valence-corrected chi connectivity index (χ1v) is 7.36. The zero-order chi connectivity index (χ0) is 13.2. The molecule has 1 amide bonds. The Hall–Kier alpha value is -1.06. The van der Waals surface area contributed by atoms with Gasteiger partial charge in [-0.3, -0.25) is 4.79 Å². The second-order valence-corrected chi connectivity index (χ2v) is 5.73. The van der Waals surface area contributed by atoms with Crippen molar-refractivity contribution in [3.05, 3.63) is 35.4 Å². The second-order valence-electron chi connectivity index (χ2n) is 5.73. The Morgan fingerprint density at radius 1 is 1.35 bits per heavy atom. The molecule has 0 bridgehead atoms. The maximum Gasteiger partial charge on any atom is 0.230 e. The number of piperazine rings is 1. The van der Waals surface area contributed by atoms with E-state index in [9.17, 15) is 4.79 Å². The first-order valence-electron chi connectivity index (χ1n) is 7.36. The zero-order valence-corrected chi connectivity index (χ0v) is 12.8. The van der Waals surface area contributed by atoms with Crippen molar-refractivity contribution in [2.24, 2.45) is 0 Å². The summed E-state index contributed by atoms with van der Waals surface area (Å²) >= 11 is 0. The van der Waals surface area contributed by atoms with E-state index in [0.29, 0.717) is 11.9 Å². The molecule has 1 fully saturated rings. The lowest BCUT2D eigenvalue weighted by molar-refractivity contribution is -0.136. The maximum absolute atomic E-state index is 12.8. The van der Waals surface area contributed by atoms with Crippen LogP contribution in [0.4, 0.5) is 0 Å². The fourth-order valence-electron chi connectivity index (χ4n) is 3.38. The van der Waals surface area contributed by atoms with Crippen molar-refractivity contribution in [3.63, 3.8) is 0 Å². The lowest BCUT2D eigenvalue weighted by Gasteiger charge is -2.37. The van der Waals surface area contributed by atoms with Gasteiger partial charge in [0.05, 0.1) is 5.92 Å². The van der Waals surface area contributed by atoms with Crippen molar-refractivity contribution in [1.29, 1.82) is 0 Å². The first-order chi connectivity index (χ1) is 9.27. The van der Waals surface area contributed by atoms with E-state index in [2.05, 4.69) is 41.4 Å². The number of carbonyl (C=O) groups excluding carboxylic acids is 1. The van der Waals surface area contributed by atoms with Crippen LogP contribution >= 0.6 is 12.4 Å². The van der Waals surface area contributed by atoms with Crippen molar-refractivity contribution >= 4 is 18.3 Å². The zero-order valence-electron chi connectivity index (χ0n) is 12.0. The first kappa shape index (κ1) is 15.3. The molecule has 1 aromatic carbocycles. The van der Waals surface area contributed by atoms with E-state index in [1.165, 1.54) is 11.1 Å². The van der Waals surface area contributed by atoms with Gasteiger partial charge in [-0.05, 0) is 37.3 Å². The van der Waals surface area contributed by atoms with E-state index in [1.807, 2.05) is 0 Å². The van der Waals surface area contributed by atoms with Crippen molar-refractivity contribution in [2.75, 3.05) is 19.6 Å². The van der Waals surface area contributed by atoms with Crippen molar-refractivity contribution in [2.45, 2.75) is 38.1 Å². The Balaban J connectivity index is 0.00000147. The molecule has 110 valence electrons. The van der Waals surface area contributed by atoms with Gasteiger partial charge in [0.1, 0.15) is 0 Å². The molecule has 0 radical (unpaired) electrons. The summed E-state index contributed by atoms with van der Waals surface area (Å²) in [5.74, 6) is 0.423. The highest BCUT2D eigenvalue weighted by Gasteiger charge is 2.32. The minimum absolute atomic E-state index is 0. The average Bonchev–Trinajstić information content (AvgIpc) is 2.46. The molecule has 20 heavy (non-hydrogen) atoms. The highest BCUT2D eigenvalue weighted by Crippen LogP contribution is 2.33. The highest BCUT2D eigenvalue weighted by molar-refractivity contribution is 5.85. The van der Waals surface area contributed by atoms with Gasteiger partial charge in [-0.1, -0.05) is 24.3 Å². The van der Waals surface area contributed by atoms with Crippen LogP contribution in [0.3, 0.4) is 0 Å². The summed E-state index contributed by atoms with van der Waals surface area (Å²) in [6, 6.07) is 8.78. The minimum atomic E-state index is 0. The Morgan fingerprint density at radius 2 is 2.15 bits per heavy atom. The van der Waals surface area contributed by atoms with Gasteiger partial charge in [-0.25, -0.2) is 0 Å². The molecule has 1 aromatic rings. The molecule has 2 aliphatic rings. The van der Waals surface area contributed by atoms with E-state index in [-0.39, 0.29) is 18.3 Å². The molecule has 1 aliphatic heterocycles. The molecule has 1 N–H and O–H groups in total. The van der Waals surface area contributed by atoms with Gasteiger partial charge in [0.25, 0.3) is 0 Å². The van der Waals surface area contributed by atoms with Crippen LogP contribution in [0.1, 0.15) is 36.8 Å². The van der Waals surface area contributed by atoms with E-state index in [0.717, 1.165) is 38.9 Å². The van der Waals surface area contributed by atoms with Gasteiger partial charge >= 0.3 is 0 Å². The van der Waals surface area contributed by atoms with E-state index in [4.69, 9.17) is 0 Å². The number of hydrogen-bond acceptors (Lipinski definition) is 2. The Kier molecular flexibility index (Phi) is 5.06. The molecule has 4 heteroatoms. The fraction of sp³-hybridized carbons (Fsp3) is 0.562. The van der Waals surface area contributed by atoms with Gasteiger partial charge in [0.2, 0.25) is 5.91 Å². The molecule has 2 atom stereocenters. The molecular weight excluding hydrogens is 272 g/mol. The van der Waals surface area contributed by atoms with Gasteiger partial charge < -0.3 is 10.2 Å². The van der Waals surface area contributed by atoms with Gasteiger partial charge in [-0.15, -0.1) is 12.4 Å². The van der Waals surface area contributed by atoms with Crippen LogP contribution in [0.25, 0.3) is 0 Å². The van der Waals surface area contributed by atoms with Crippen molar-refractivity contribution < 1.29 is 4.79 Å². The molecule has 0 saturated carbocycles. The summed E-state index contributed by atoms with van der Waals surface area (Å²) in [7, 11) is 0. The monoisotopic (exact) mass is 294 g/mol. The van der Waals surface area contributed by atoms with E-state index < -0.39 is 0 Å². The van der Waals surface area contributed by atoms with Gasteiger partial charge in [-0.2, -0.15) is 0 Å². The quantitative estimate of drug-likeness (QED) is 0.862. The number of nitrogens with one attached hydrogen (secondary N) is 1. The predicted octanol–water partition coefficient (Wildman–Crippen LogP) is 2.35. The van der Waals surface area contributed by atoms with Gasteiger partial charge in [0, 0.05) is 25.7 Å². The fourth-order valence-corrected chi connectivity index (χ4v) is 3.38. The number of hydrogen-bond donors (Lipinski definition) is 1. The molecule has 1 heterocycles. The molecule has 3 rings (SSSR count). The lowest BCUT2D eigenvalue weighted by atomic mass is 9.82. The molecule has 0 spiro atoms. The van der Waals surface area contributed by atoms with Crippen LogP contribution in [0.5, 0.6) is 0 Å². The lowest BCUT2D eigenvalue weighted by Crippen LogP contribution is -2.53. The number of fused-ring (bicyclic) bond motifs is 1. The Bertz CT molecular complexity index is 477. The normalized spacial score (nSPS) is 25.6. The number of aryl methyl sites for hydroxylation is 1. The highest BCUT2D eigenvalue weighted by atomic mass is 35.5. The third-order valence-corrected chi connectivity index (χ3v) is 4.45. The smallest absolute Gasteiger partial charge is 0.230 e. The van der Waals surface area contributed by atoms with Crippen LogP contribution in [-0.2, 0) is 11.2 Å². The molecule has 3 nitrogen and oxygen atoms in total. The summed E-state index contributed by atoms with van der Waals surface area (Å²) in [4.78, 5) is 14.9. The number of carbonyl (C=O) groups is 1. The molecular formula is C16H23ClN2O. The number of amides is 1. The molecule has 1 unspecified atom stereocenters. The second kappa shape index (κ2) is 6.59. The van der Waals surface area contributed by atoms with Crippen LogP contribution in [0.2, 0.25) is 0 Å². The summed E-state index contributed by atoms with van der Waals surface area (Å²) in [5.41, 5.74) is 2.64. The number of nitrogens with zero attached hydrogens (tertiary/aromatic N) is 1. The largest absolute Gasteiger partial charge is 0.337 e. The number of halogens is 1. The number of benzene rings is 1. The number of rotatable bonds is 1. The van der Waals surface area contributed by atoms with Gasteiger partial charge in [0.15, 0.2) is 0 Å². The summed E-state index contributed by atoms with van der Waals surface area (Å²) in [5, 5.41) is 3.35. The predicted molar refractivity (Wildman–Crippen MR) is 83.4 cm³/mol. The van der Waals surface area contributed by atoms with Crippen LogP contribution in [0, 0.1) is 0 Å². The minimum Gasteiger partial charge on any atom is -0.337 e. The Morgan fingerprint density at radius 3 is 2.95 bits per heavy atom. The average molecular weight is 295 g/mol. The molecule has 0 aromatic heterocycles. The summed E-state index contributed by atoms with van der Waals surface area (Å²) in [6.45, 7) is 4.82.